The van der Waals surface area contributed by atoms with E-state index in [-0.39, 0.29) is 17.9 Å². The van der Waals surface area contributed by atoms with Gasteiger partial charge in [0.05, 0.1) is 17.6 Å². The minimum absolute atomic E-state index is 0.0421. The molecule has 35 heavy (non-hydrogen) atoms. The summed E-state index contributed by atoms with van der Waals surface area (Å²) in [5.41, 5.74) is 1.98. The van der Waals surface area contributed by atoms with Crippen LogP contribution < -0.4 is 5.32 Å². The molecule has 0 radical (unpaired) electrons. The van der Waals surface area contributed by atoms with Crippen molar-refractivity contribution in [1.29, 1.82) is 0 Å². The smallest absolute Gasteiger partial charge is 0.290 e. The van der Waals surface area contributed by atoms with Crippen LogP contribution in [0.2, 0.25) is 0 Å². The van der Waals surface area contributed by atoms with E-state index in [9.17, 15) is 9.59 Å². The van der Waals surface area contributed by atoms with Crippen molar-refractivity contribution in [3.63, 3.8) is 0 Å². The number of carbonyl (C=O) groups excluding carboxylic acids is 2. The molecule has 0 spiro atoms. The molecule has 0 unspecified atom stereocenters. The molecule has 1 aliphatic heterocycles. The van der Waals surface area contributed by atoms with Gasteiger partial charge in [0.25, 0.3) is 5.91 Å². The minimum Gasteiger partial charge on any atom is -0.351 e. The van der Waals surface area contributed by atoms with Crippen molar-refractivity contribution >= 4 is 22.8 Å². The van der Waals surface area contributed by atoms with Crippen LogP contribution in [0.25, 0.3) is 11.0 Å². The van der Waals surface area contributed by atoms with E-state index in [1.54, 1.807) is 4.90 Å². The van der Waals surface area contributed by atoms with Crippen LogP contribution in [-0.4, -0.2) is 44.4 Å². The molecule has 6 nitrogen and oxygen atoms in total. The number of rotatable bonds is 6. The Kier molecular flexibility index (Phi) is 6.89. The largest absolute Gasteiger partial charge is 0.351 e. The monoisotopic (exact) mass is 472 g/mol. The number of para-hydroxylation sites is 2. The van der Waals surface area contributed by atoms with Crippen molar-refractivity contribution in [1.82, 2.24) is 19.8 Å². The second-order valence-corrected chi connectivity index (χ2v) is 10.3. The van der Waals surface area contributed by atoms with Crippen molar-refractivity contribution in [2.45, 2.75) is 82.8 Å². The summed E-state index contributed by atoms with van der Waals surface area (Å²) in [6.07, 6.45) is 9.75. The highest BCUT2D eigenvalue weighted by molar-refractivity contribution is 6.01. The van der Waals surface area contributed by atoms with Gasteiger partial charge in [-0.15, -0.1) is 0 Å². The molecule has 0 bridgehead atoms. The third kappa shape index (κ3) is 4.84. The number of nitrogens with zero attached hydrogens (tertiary/aromatic N) is 3. The van der Waals surface area contributed by atoms with E-state index in [4.69, 9.17) is 0 Å². The molecular weight excluding hydrogens is 436 g/mol. The second-order valence-electron chi connectivity index (χ2n) is 10.3. The van der Waals surface area contributed by atoms with Crippen molar-refractivity contribution < 1.29 is 9.59 Å². The lowest BCUT2D eigenvalue weighted by Crippen LogP contribution is -2.65. The molecule has 1 N–H and O–H groups in total. The lowest BCUT2D eigenvalue weighted by atomic mass is 9.92. The van der Waals surface area contributed by atoms with E-state index < -0.39 is 5.54 Å². The van der Waals surface area contributed by atoms with Gasteiger partial charge >= 0.3 is 0 Å². The Balaban J connectivity index is 1.42. The highest BCUT2D eigenvalue weighted by Gasteiger charge is 2.48. The van der Waals surface area contributed by atoms with Gasteiger partial charge in [-0.3, -0.25) is 9.59 Å². The van der Waals surface area contributed by atoms with E-state index in [1.807, 2.05) is 54.0 Å². The van der Waals surface area contributed by atoms with Gasteiger partial charge < -0.3 is 14.8 Å². The lowest BCUT2D eigenvalue weighted by Gasteiger charge is -2.44. The van der Waals surface area contributed by atoms with Gasteiger partial charge in [-0.2, -0.15) is 0 Å². The van der Waals surface area contributed by atoms with Crippen LogP contribution >= 0.6 is 0 Å². The van der Waals surface area contributed by atoms with Gasteiger partial charge in [0.1, 0.15) is 5.54 Å². The van der Waals surface area contributed by atoms with E-state index in [0.29, 0.717) is 18.9 Å². The number of imidazole rings is 1. The molecule has 2 heterocycles. The molecule has 184 valence electrons. The quantitative estimate of drug-likeness (QED) is 0.542. The van der Waals surface area contributed by atoms with Crippen molar-refractivity contribution in [3.05, 3.63) is 66.0 Å². The van der Waals surface area contributed by atoms with Crippen LogP contribution in [0.5, 0.6) is 0 Å². The topological polar surface area (TPSA) is 67.2 Å². The fourth-order valence-corrected chi connectivity index (χ4v) is 5.71. The average molecular weight is 473 g/mol. The minimum atomic E-state index is -0.966. The summed E-state index contributed by atoms with van der Waals surface area (Å²) in [6, 6.07) is 18.3. The molecule has 3 aromatic rings. The molecule has 6 heteroatoms. The van der Waals surface area contributed by atoms with Crippen molar-refractivity contribution in [2.75, 3.05) is 6.54 Å². The Labute approximate surface area is 207 Å². The van der Waals surface area contributed by atoms with Gasteiger partial charge in [0.15, 0.2) is 5.82 Å². The van der Waals surface area contributed by atoms with Gasteiger partial charge in [-0.25, -0.2) is 4.98 Å². The van der Waals surface area contributed by atoms with Gasteiger partial charge in [0, 0.05) is 12.6 Å². The molecule has 2 amide bonds. The van der Waals surface area contributed by atoms with E-state index >= 15 is 0 Å². The van der Waals surface area contributed by atoms with Crippen LogP contribution in [0.4, 0.5) is 0 Å². The zero-order valence-corrected chi connectivity index (χ0v) is 20.7. The summed E-state index contributed by atoms with van der Waals surface area (Å²) in [5.74, 6) is 0.234. The zero-order chi connectivity index (χ0) is 24.3. The fraction of sp³-hybridized carbons (Fsp3) is 0.483. The first-order valence-corrected chi connectivity index (χ1v) is 13.2. The summed E-state index contributed by atoms with van der Waals surface area (Å²) in [4.78, 5) is 34.1. The molecular formula is C29H36N4O2. The Morgan fingerprint density at radius 1 is 1.00 bits per heavy atom. The normalized spacial score (nSPS) is 21.4. The molecule has 1 atom stereocenters. The maximum atomic E-state index is 13.9. The van der Waals surface area contributed by atoms with Crippen LogP contribution in [0, 0.1) is 0 Å². The maximum absolute atomic E-state index is 13.9. The molecule has 1 fully saturated rings. The SMILES string of the molecule is C[C@]1(C(=O)NC2CCCCCCC2)Cn2c(nc3ccccc32)C(=O)N1CCCc1ccccc1. The van der Waals surface area contributed by atoms with Gasteiger partial charge in [0.2, 0.25) is 5.91 Å². The summed E-state index contributed by atoms with van der Waals surface area (Å²) < 4.78 is 1.95. The van der Waals surface area contributed by atoms with Crippen molar-refractivity contribution in [2.24, 2.45) is 0 Å². The molecule has 1 saturated carbocycles. The molecule has 5 rings (SSSR count). The first-order chi connectivity index (χ1) is 17.1. The highest BCUT2D eigenvalue weighted by Crippen LogP contribution is 2.31. The van der Waals surface area contributed by atoms with Crippen LogP contribution in [-0.2, 0) is 17.8 Å². The number of benzene rings is 2. The number of amides is 2. The predicted octanol–water partition coefficient (Wildman–Crippen LogP) is 5.11. The lowest BCUT2D eigenvalue weighted by molar-refractivity contribution is -0.133. The molecule has 0 saturated heterocycles. The maximum Gasteiger partial charge on any atom is 0.290 e. The van der Waals surface area contributed by atoms with Gasteiger partial charge in [-0.1, -0.05) is 74.6 Å². The Hall–Kier alpha value is -3.15. The summed E-state index contributed by atoms with van der Waals surface area (Å²) in [7, 11) is 0. The molecule has 2 aromatic carbocycles. The number of carbonyl (C=O) groups is 2. The number of hydrogen-bond acceptors (Lipinski definition) is 3. The van der Waals surface area contributed by atoms with Crippen LogP contribution in [0.15, 0.2) is 54.6 Å². The van der Waals surface area contributed by atoms with Crippen LogP contribution in [0.1, 0.15) is 74.5 Å². The number of fused-ring (bicyclic) bond motifs is 3. The third-order valence-corrected chi connectivity index (χ3v) is 7.77. The predicted molar refractivity (Wildman–Crippen MR) is 138 cm³/mol. The number of aromatic nitrogens is 2. The standard InChI is InChI=1S/C29H36N4O2/c1-29(28(35)30-23-16-8-3-2-4-9-17-23)21-32-25-19-11-10-18-24(25)31-26(32)27(34)33(29)20-12-15-22-13-6-5-7-14-22/h5-7,10-11,13-14,18-19,23H,2-4,8-9,12,15-17,20-21H2,1H3,(H,30,35)/t29-/m1/s1. The Morgan fingerprint density at radius 2 is 1.69 bits per heavy atom. The van der Waals surface area contributed by atoms with Crippen molar-refractivity contribution in [3.8, 4) is 0 Å². The number of nitrogens with one attached hydrogen (secondary N) is 1. The Morgan fingerprint density at radius 3 is 2.46 bits per heavy atom. The van der Waals surface area contributed by atoms with E-state index in [0.717, 1.165) is 49.6 Å². The summed E-state index contributed by atoms with van der Waals surface area (Å²) in [5, 5.41) is 3.36. The van der Waals surface area contributed by atoms with Gasteiger partial charge in [-0.05, 0) is 50.3 Å². The summed E-state index contributed by atoms with van der Waals surface area (Å²) >= 11 is 0. The first kappa shape index (κ1) is 23.6. The second kappa shape index (κ2) is 10.2. The fourth-order valence-electron chi connectivity index (χ4n) is 5.71. The van der Waals surface area contributed by atoms with E-state index in [1.165, 1.54) is 24.8 Å². The molecule has 1 aliphatic carbocycles. The van der Waals surface area contributed by atoms with Crippen LogP contribution in [0.3, 0.4) is 0 Å². The molecule has 1 aromatic heterocycles. The highest BCUT2D eigenvalue weighted by atomic mass is 16.2. The zero-order valence-electron chi connectivity index (χ0n) is 20.7. The third-order valence-electron chi connectivity index (χ3n) is 7.77. The molecule has 2 aliphatic rings. The van der Waals surface area contributed by atoms with E-state index in [2.05, 4.69) is 22.4 Å². The Bertz CT molecular complexity index is 1180. The first-order valence-electron chi connectivity index (χ1n) is 13.2. The summed E-state index contributed by atoms with van der Waals surface area (Å²) in [6.45, 7) is 2.87. The average Bonchev–Trinajstić information content (AvgIpc) is 3.22. The number of hydrogen-bond donors (Lipinski definition) is 1. The number of aryl methyl sites for hydroxylation is 1.